The fraction of sp³-hybridized carbons (Fsp3) is 0.556. The van der Waals surface area contributed by atoms with Crippen LogP contribution in [0.5, 0.6) is 0 Å². The molecule has 1 atom stereocenters. The van der Waals surface area contributed by atoms with E-state index in [9.17, 15) is 50.7 Å². The molecule has 0 unspecified atom stereocenters. The molecule has 0 bridgehead atoms. The van der Waals surface area contributed by atoms with Crippen LogP contribution < -0.4 is 0 Å². The van der Waals surface area contributed by atoms with E-state index in [-0.39, 0.29) is 16.3 Å². The summed E-state index contributed by atoms with van der Waals surface area (Å²) in [5.41, 5.74) is -6.34. The number of nitro groups is 1. The average molecular weight is 473 g/mol. The Kier molecular flexibility index (Phi) is 6.11. The molecule has 7 nitrogen and oxygen atoms in total. The first-order chi connectivity index (χ1) is 14.3. The first-order valence-electron chi connectivity index (χ1n) is 8.95. The molecule has 1 heterocycles. The highest BCUT2D eigenvalue weighted by atomic mass is 19.4. The van der Waals surface area contributed by atoms with Gasteiger partial charge in [0.15, 0.2) is 5.72 Å². The van der Waals surface area contributed by atoms with E-state index < -0.39 is 58.5 Å². The fourth-order valence-corrected chi connectivity index (χ4v) is 2.91. The standard InChI is InChI=1S/C18H18F7N3O4/c1-14(2,3)15(30)9-12(16(19,20)17(21,22)18(23,24)25)26-27(15)13(29)8-10-4-6-11(7-5-10)28(31)32/h4-7,30H,8-9H2,1-3H3/t15-/m1/s1. The number of amides is 1. The highest BCUT2D eigenvalue weighted by molar-refractivity contribution is 5.96. The third-order valence-electron chi connectivity index (χ3n) is 5.04. The number of rotatable bonds is 5. The van der Waals surface area contributed by atoms with Crippen molar-refractivity contribution in [1.29, 1.82) is 0 Å². The Labute approximate surface area is 176 Å². The van der Waals surface area contributed by atoms with Crippen molar-refractivity contribution in [2.24, 2.45) is 10.5 Å². The summed E-state index contributed by atoms with van der Waals surface area (Å²) in [5.74, 6) is -13.5. The van der Waals surface area contributed by atoms with Gasteiger partial charge in [0, 0.05) is 24.0 Å². The van der Waals surface area contributed by atoms with Crippen LogP contribution in [-0.2, 0) is 11.2 Å². The highest BCUT2D eigenvalue weighted by Crippen LogP contribution is 2.51. The SMILES string of the molecule is CC(C)(C)[C@]1(O)CC(C(F)(F)C(F)(F)C(F)(F)F)=NN1C(=O)Cc1ccc([N+](=O)[O-])cc1. The molecule has 1 aliphatic rings. The monoisotopic (exact) mass is 473 g/mol. The molecule has 32 heavy (non-hydrogen) atoms. The molecule has 1 aliphatic heterocycles. The molecule has 14 heteroatoms. The van der Waals surface area contributed by atoms with Gasteiger partial charge >= 0.3 is 18.0 Å². The molecular formula is C18H18F7N3O4. The van der Waals surface area contributed by atoms with Crippen molar-refractivity contribution in [3.8, 4) is 0 Å². The van der Waals surface area contributed by atoms with Gasteiger partial charge in [-0.25, -0.2) is 5.01 Å². The van der Waals surface area contributed by atoms with Gasteiger partial charge in [0.25, 0.3) is 5.69 Å². The smallest absolute Gasteiger partial charge is 0.368 e. The van der Waals surface area contributed by atoms with E-state index in [1.54, 1.807) is 0 Å². The van der Waals surface area contributed by atoms with E-state index in [1.807, 2.05) is 0 Å². The maximum atomic E-state index is 14.2. The number of benzene rings is 1. The first kappa shape index (κ1) is 25.5. The third-order valence-corrected chi connectivity index (χ3v) is 5.04. The van der Waals surface area contributed by atoms with Gasteiger partial charge in [-0.05, 0) is 5.56 Å². The minimum absolute atomic E-state index is 0.0735. The topological polar surface area (TPSA) is 96.0 Å². The maximum absolute atomic E-state index is 14.2. The van der Waals surface area contributed by atoms with Crippen LogP contribution >= 0.6 is 0 Å². The van der Waals surface area contributed by atoms with Gasteiger partial charge in [-0.1, -0.05) is 32.9 Å². The number of alkyl halides is 7. The lowest BCUT2D eigenvalue weighted by atomic mass is 9.79. The number of carbonyl (C=O) groups excluding carboxylic acids is 1. The lowest BCUT2D eigenvalue weighted by molar-refractivity contribution is -0.384. The largest absolute Gasteiger partial charge is 0.460 e. The van der Waals surface area contributed by atoms with Crippen LogP contribution in [0.2, 0.25) is 0 Å². The number of nitrogens with zero attached hydrogens (tertiary/aromatic N) is 3. The van der Waals surface area contributed by atoms with Crippen molar-refractivity contribution in [3.05, 3.63) is 39.9 Å². The van der Waals surface area contributed by atoms with Crippen LogP contribution in [0.3, 0.4) is 0 Å². The second kappa shape index (κ2) is 7.67. The van der Waals surface area contributed by atoms with Crippen LogP contribution in [0.1, 0.15) is 32.8 Å². The van der Waals surface area contributed by atoms with Crippen LogP contribution in [0.25, 0.3) is 0 Å². The number of hydrogen-bond donors (Lipinski definition) is 1. The number of non-ortho nitro benzene ring substituents is 1. The molecule has 2 rings (SSSR count). The van der Waals surface area contributed by atoms with Gasteiger partial charge in [0.2, 0.25) is 5.91 Å². The van der Waals surface area contributed by atoms with Gasteiger partial charge in [-0.15, -0.1) is 0 Å². The van der Waals surface area contributed by atoms with Gasteiger partial charge < -0.3 is 5.11 Å². The summed E-state index contributed by atoms with van der Waals surface area (Å²) in [6, 6.07) is 4.38. The number of carbonyl (C=O) groups is 1. The average Bonchev–Trinajstić information content (AvgIpc) is 3.01. The van der Waals surface area contributed by atoms with E-state index in [0.29, 0.717) is 0 Å². The Bertz CT molecular complexity index is 939. The molecule has 0 aromatic heterocycles. The molecule has 0 aliphatic carbocycles. The first-order valence-corrected chi connectivity index (χ1v) is 8.95. The van der Waals surface area contributed by atoms with Crippen LogP contribution in [0.15, 0.2) is 29.4 Å². The molecule has 0 saturated heterocycles. The zero-order valence-electron chi connectivity index (χ0n) is 16.9. The minimum atomic E-state index is -6.62. The lowest BCUT2D eigenvalue weighted by Crippen LogP contribution is -2.58. The molecule has 1 amide bonds. The van der Waals surface area contributed by atoms with Gasteiger partial charge in [-0.3, -0.25) is 14.9 Å². The molecular weight excluding hydrogens is 455 g/mol. The molecule has 178 valence electrons. The lowest BCUT2D eigenvalue weighted by Gasteiger charge is -2.41. The fourth-order valence-electron chi connectivity index (χ4n) is 2.91. The van der Waals surface area contributed by atoms with Crippen molar-refractivity contribution in [3.63, 3.8) is 0 Å². The number of halogens is 7. The van der Waals surface area contributed by atoms with E-state index in [2.05, 4.69) is 5.10 Å². The van der Waals surface area contributed by atoms with Crippen molar-refractivity contribution >= 4 is 17.3 Å². The predicted molar refractivity (Wildman–Crippen MR) is 96.1 cm³/mol. The van der Waals surface area contributed by atoms with Crippen molar-refractivity contribution in [2.75, 3.05) is 0 Å². The van der Waals surface area contributed by atoms with Gasteiger partial charge in [0.1, 0.15) is 5.71 Å². The Balaban J connectivity index is 2.46. The Hall–Kier alpha value is -2.77. The van der Waals surface area contributed by atoms with Crippen LogP contribution in [-0.4, -0.2) is 50.4 Å². The van der Waals surface area contributed by atoms with E-state index >= 15 is 0 Å². The van der Waals surface area contributed by atoms with Crippen molar-refractivity contribution < 1.29 is 45.6 Å². The van der Waals surface area contributed by atoms with Crippen LogP contribution in [0.4, 0.5) is 36.4 Å². The van der Waals surface area contributed by atoms with Gasteiger partial charge in [-0.2, -0.15) is 35.8 Å². The summed E-state index contributed by atoms with van der Waals surface area (Å²) in [7, 11) is 0. The summed E-state index contributed by atoms with van der Waals surface area (Å²) in [4.78, 5) is 22.7. The molecule has 0 radical (unpaired) electrons. The Morgan fingerprint density at radius 3 is 2.03 bits per heavy atom. The summed E-state index contributed by atoms with van der Waals surface area (Å²) >= 11 is 0. The summed E-state index contributed by atoms with van der Waals surface area (Å²) in [6.45, 7) is 3.74. The second-order valence-electron chi connectivity index (χ2n) is 8.24. The highest BCUT2D eigenvalue weighted by Gasteiger charge is 2.76. The second-order valence-corrected chi connectivity index (χ2v) is 8.24. The van der Waals surface area contributed by atoms with Gasteiger partial charge in [0.05, 0.1) is 11.3 Å². The molecule has 1 aromatic carbocycles. The molecule has 1 N–H and O–H groups in total. The number of hydrazone groups is 1. The van der Waals surface area contributed by atoms with Crippen molar-refractivity contribution in [1.82, 2.24) is 5.01 Å². The molecule has 0 saturated carbocycles. The maximum Gasteiger partial charge on any atom is 0.460 e. The van der Waals surface area contributed by atoms with E-state index in [0.717, 1.165) is 24.3 Å². The predicted octanol–water partition coefficient (Wildman–Crippen LogP) is 4.29. The Morgan fingerprint density at radius 2 is 1.62 bits per heavy atom. The molecule has 1 aromatic rings. The zero-order chi connectivity index (χ0) is 24.9. The summed E-state index contributed by atoms with van der Waals surface area (Å²) < 4.78 is 93.1. The summed E-state index contributed by atoms with van der Waals surface area (Å²) in [6.07, 6.45) is -8.73. The van der Waals surface area contributed by atoms with Crippen molar-refractivity contribution in [2.45, 2.75) is 57.4 Å². The third kappa shape index (κ3) is 4.14. The quantitative estimate of drug-likeness (QED) is 0.392. The number of nitro benzene ring substituents is 1. The van der Waals surface area contributed by atoms with Crippen LogP contribution in [0, 0.1) is 15.5 Å². The molecule has 0 fully saturated rings. The number of hydrogen-bond acceptors (Lipinski definition) is 5. The van der Waals surface area contributed by atoms with E-state index in [1.165, 1.54) is 20.8 Å². The summed E-state index contributed by atoms with van der Waals surface area (Å²) in [5, 5.41) is 24.7. The minimum Gasteiger partial charge on any atom is -0.368 e. The zero-order valence-corrected chi connectivity index (χ0v) is 16.9. The molecule has 0 spiro atoms. The normalized spacial score (nSPS) is 20.3. The Morgan fingerprint density at radius 1 is 1.12 bits per heavy atom. The van der Waals surface area contributed by atoms with E-state index in [4.69, 9.17) is 0 Å². The number of aliphatic hydroxyl groups is 1.